The zero-order chi connectivity index (χ0) is 15.0. The Hall–Kier alpha value is -1.39. The van der Waals surface area contributed by atoms with Gasteiger partial charge in [-0.25, -0.2) is 9.37 Å². The highest BCUT2D eigenvalue weighted by Gasteiger charge is 2.13. The van der Waals surface area contributed by atoms with Crippen molar-refractivity contribution in [2.45, 2.75) is 13.3 Å². The number of halogens is 3. The Labute approximate surface area is 135 Å². The first-order valence-electron chi connectivity index (χ1n) is 6.59. The summed E-state index contributed by atoms with van der Waals surface area (Å²) in [5.41, 5.74) is 3.67. The van der Waals surface area contributed by atoms with Crippen molar-refractivity contribution in [2.24, 2.45) is 0 Å². The van der Waals surface area contributed by atoms with Crippen LogP contribution in [0.15, 0.2) is 40.9 Å². The molecule has 0 spiro atoms. The van der Waals surface area contributed by atoms with Crippen molar-refractivity contribution < 1.29 is 4.39 Å². The molecule has 0 N–H and O–H groups in total. The molecule has 0 radical (unpaired) electrons. The molecule has 1 aromatic heterocycles. The van der Waals surface area contributed by atoms with Gasteiger partial charge in [-0.15, -0.1) is 11.6 Å². The standard InChI is InChI=1S/C16H13BrClFN2/c1-10-8-12(3-4-13(10)17)21-15-5-2-11(19)9-14(15)20-16(21)6-7-18/h2-5,8-9H,6-7H2,1H3. The number of benzene rings is 2. The van der Waals surface area contributed by atoms with Crippen LogP contribution in [-0.2, 0) is 6.42 Å². The van der Waals surface area contributed by atoms with Gasteiger partial charge < -0.3 is 0 Å². The largest absolute Gasteiger partial charge is 0.296 e. The van der Waals surface area contributed by atoms with Gasteiger partial charge in [0.05, 0.1) is 11.0 Å². The summed E-state index contributed by atoms with van der Waals surface area (Å²) in [6.07, 6.45) is 0.632. The van der Waals surface area contributed by atoms with Gasteiger partial charge in [-0.2, -0.15) is 0 Å². The van der Waals surface area contributed by atoms with E-state index in [0.29, 0.717) is 17.8 Å². The lowest BCUT2D eigenvalue weighted by atomic mass is 10.2. The monoisotopic (exact) mass is 366 g/mol. The molecule has 3 aromatic rings. The van der Waals surface area contributed by atoms with E-state index in [0.717, 1.165) is 27.1 Å². The number of alkyl halides is 1. The van der Waals surface area contributed by atoms with Crippen LogP contribution in [0, 0.1) is 12.7 Å². The fourth-order valence-corrected chi connectivity index (χ4v) is 2.83. The van der Waals surface area contributed by atoms with Gasteiger partial charge in [0.2, 0.25) is 0 Å². The topological polar surface area (TPSA) is 17.8 Å². The van der Waals surface area contributed by atoms with Crippen LogP contribution in [0.25, 0.3) is 16.7 Å². The molecule has 2 aromatic carbocycles. The number of rotatable bonds is 3. The zero-order valence-corrected chi connectivity index (χ0v) is 13.7. The van der Waals surface area contributed by atoms with Crippen molar-refractivity contribution >= 4 is 38.6 Å². The molecule has 108 valence electrons. The van der Waals surface area contributed by atoms with Gasteiger partial charge in [0.15, 0.2) is 0 Å². The van der Waals surface area contributed by atoms with E-state index in [2.05, 4.69) is 27.0 Å². The molecule has 0 unspecified atom stereocenters. The fourth-order valence-electron chi connectivity index (χ4n) is 2.41. The SMILES string of the molecule is Cc1cc(-n2c(CCCl)nc3cc(F)ccc32)ccc1Br. The molecule has 2 nitrogen and oxygen atoms in total. The van der Waals surface area contributed by atoms with Crippen molar-refractivity contribution in [1.29, 1.82) is 0 Å². The summed E-state index contributed by atoms with van der Waals surface area (Å²) < 4.78 is 16.5. The minimum absolute atomic E-state index is 0.281. The van der Waals surface area contributed by atoms with Crippen molar-refractivity contribution in [3.05, 3.63) is 58.1 Å². The lowest BCUT2D eigenvalue weighted by Gasteiger charge is -2.10. The van der Waals surface area contributed by atoms with Gasteiger partial charge >= 0.3 is 0 Å². The summed E-state index contributed by atoms with van der Waals surface area (Å²) in [5, 5.41) is 0. The van der Waals surface area contributed by atoms with Crippen LogP contribution >= 0.6 is 27.5 Å². The number of fused-ring (bicyclic) bond motifs is 1. The van der Waals surface area contributed by atoms with Crippen molar-refractivity contribution in [2.75, 3.05) is 5.88 Å². The van der Waals surface area contributed by atoms with Gasteiger partial charge in [-0.3, -0.25) is 4.57 Å². The maximum Gasteiger partial charge on any atom is 0.125 e. The third kappa shape index (κ3) is 2.70. The first-order chi connectivity index (χ1) is 10.1. The lowest BCUT2D eigenvalue weighted by Crippen LogP contribution is -2.02. The molecule has 0 amide bonds. The van der Waals surface area contributed by atoms with Crippen LogP contribution in [0.5, 0.6) is 0 Å². The Balaban J connectivity index is 2.27. The first kappa shape index (κ1) is 14.5. The Bertz CT molecular complexity index is 813. The highest BCUT2D eigenvalue weighted by Crippen LogP contribution is 2.26. The van der Waals surface area contributed by atoms with Gasteiger partial charge in [0.1, 0.15) is 11.6 Å². The van der Waals surface area contributed by atoms with Gasteiger partial charge in [0, 0.05) is 28.5 Å². The van der Waals surface area contributed by atoms with Crippen LogP contribution < -0.4 is 0 Å². The van der Waals surface area contributed by atoms with Gasteiger partial charge in [0.25, 0.3) is 0 Å². The van der Waals surface area contributed by atoms with Crippen LogP contribution in [0.1, 0.15) is 11.4 Å². The molecule has 5 heteroatoms. The minimum Gasteiger partial charge on any atom is -0.296 e. The Kier molecular flexibility index (Phi) is 4.00. The second kappa shape index (κ2) is 5.78. The number of aromatic nitrogens is 2. The first-order valence-corrected chi connectivity index (χ1v) is 7.92. The number of aryl methyl sites for hydroxylation is 2. The molecule has 3 rings (SSSR count). The second-order valence-corrected chi connectivity index (χ2v) is 6.10. The maximum atomic E-state index is 13.4. The quantitative estimate of drug-likeness (QED) is 0.595. The van der Waals surface area contributed by atoms with E-state index in [1.807, 2.05) is 23.6 Å². The fraction of sp³-hybridized carbons (Fsp3) is 0.188. The van der Waals surface area contributed by atoms with E-state index < -0.39 is 0 Å². The van der Waals surface area contributed by atoms with Crippen LogP contribution in [0.3, 0.4) is 0 Å². The molecule has 0 aliphatic heterocycles. The summed E-state index contributed by atoms with van der Waals surface area (Å²) in [5.74, 6) is 1.03. The molecule has 0 saturated heterocycles. The average Bonchev–Trinajstić information content (AvgIpc) is 2.79. The van der Waals surface area contributed by atoms with E-state index >= 15 is 0 Å². The second-order valence-electron chi connectivity index (χ2n) is 4.87. The van der Waals surface area contributed by atoms with Crippen LogP contribution in [0.2, 0.25) is 0 Å². The number of hydrogen-bond donors (Lipinski definition) is 0. The van der Waals surface area contributed by atoms with Gasteiger partial charge in [-0.1, -0.05) is 15.9 Å². The van der Waals surface area contributed by atoms with Crippen LogP contribution in [-0.4, -0.2) is 15.4 Å². The third-order valence-electron chi connectivity index (χ3n) is 3.40. The summed E-state index contributed by atoms with van der Waals surface area (Å²) >= 11 is 9.38. The predicted octanol–water partition coefficient (Wildman–Crippen LogP) is 5.02. The van der Waals surface area contributed by atoms with E-state index in [-0.39, 0.29) is 5.82 Å². The molecular weight excluding hydrogens is 355 g/mol. The van der Waals surface area contributed by atoms with E-state index in [9.17, 15) is 4.39 Å². The molecule has 1 heterocycles. The minimum atomic E-state index is -0.281. The predicted molar refractivity (Wildman–Crippen MR) is 87.9 cm³/mol. The smallest absolute Gasteiger partial charge is 0.125 e. The van der Waals surface area contributed by atoms with Crippen molar-refractivity contribution in [3.63, 3.8) is 0 Å². The Morgan fingerprint density at radius 3 is 2.76 bits per heavy atom. The highest BCUT2D eigenvalue weighted by atomic mass is 79.9. The molecule has 0 aliphatic rings. The van der Waals surface area contributed by atoms with E-state index in [4.69, 9.17) is 11.6 Å². The molecule has 0 atom stereocenters. The normalized spacial score (nSPS) is 11.2. The number of nitrogens with zero attached hydrogens (tertiary/aromatic N) is 2. The molecule has 0 fully saturated rings. The summed E-state index contributed by atoms with van der Waals surface area (Å²) in [6, 6.07) is 10.8. The van der Waals surface area contributed by atoms with E-state index in [1.54, 1.807) is 6.07 Å². The Morgan fingerprint density at radius 1 is 1.24 bits per heavy atom. The van der Waals surface area contributed by atoms with Crippen LogP contribution in [0.4, 0.5) is 4.39 Å². The van der Waals surface area contributed by atoms with Crippen molar-refractivity contribution in [3.8, 4) is 5.69 Å². The zero-order valence-electron chi connectivity index (χ0n) is 11.4. The highest BCUT2D eigenvalue weighted by molar-refractivity contribution is 9.10. The third-order valence-corrected chi connectivity index (χ3v) is 4.48. The molecule has 0 saturated carbocycles. The average molecular weight is 368 g/mol. The molecule has 0 bridgehead atoms. The number of hydrogen-bond acceptors (Lipinski definition) is 1. The van der Waals surface area contributed by atoms with E-state index in [1.165, 1.54) is 12.1 Å². The van der Waals surface area contributed by atoms with Crippen molar-refractivity contribution in [1.82, 2.24) is 9.55 Å². The Morgan fingerprint density at radius 2 is 2.05 bits per heavy atom. The maximum absolute atomic E-state index is 13.4. The molecular formula is C16H13BrClFN2. The number of imidazole rings is 1. The summed E-state index contributed by atoms with van der Waals surface area (Å²) in [7, 11) is 0. The van der Waals surface area contributed by atoms with Gasteiger partial charge in [-0.05, 0) is 42.8 Å². The summed E-state index contributed by atoms with van der Waals surface area (Å²) in [4.78, 5) is 4.52. The molecule has 0 aliphatic carbocycles. The lowest BCUT2D eigenvalue weighted by molar-refractivity contribution is 0.629. The summed E-state index contributed by atoms with van der Waals surface area (Å²) in [6.45, 7) is 2.04. The molecule has 21 heavy (non-hydrogen) atoms.